The van der Waals surface area contributed by atoms with Crippen LogP contribution in [0, 0.1) is 5.21 Å². The zero-order valence-corrected chi connectivity index (χ0v) is 14.8. The average Bonchev–Trinajstić information content (AvgIpc) is 2.57. The highest BCUT2D eigenvalue weighted by Gasteiger charge is 2.39. The number of rotatable bonds is 3. The number of aliphatic carboxylic acids is 1. The summed E-state index contributed by atoms with van der Waals surface area (Å²) in [5, 5.41) is 22.7. The van der Waals surface area contributed by atoms with Crippen LogP contribution >= 0.6 is 23.2 Å². The third kappa shape index (κ3) is 3.16. The number of primary amides is 1. The van der Waals surface area contributed by atoms with E-state index >= 15 is 0 Å². The van der Waals surface area contributed by atoms with Crippen molar-refractivity contribution < 1.29 is 14.7 Å². The van der Waals surface area contributed by atoms with Crippen molar-refractivity contribution in [3.8, 4) is 0 Å². The van der Waals surface area contributed by atoms with Crippen molar-refractivity contribution in [3.63, 3.8) is 0 Å². The molecule has 1 heterocycles. The number of carbonyl (C=O) groups is 2. The first-order valence-electron chi connectivity index (χ1n) is 7.63. The van der Waals surface area contributed by atoms with Gasteiger partial charge < -0.3 is 21.1 Å². The SMILES string of the molecule is NC(=O)N(c1ccccc1)C1CC(C(=O)O)N([O-])c2cc(Cl)cc(Cl)c21. The number of benzene rings is 2. The molecule has 0 spiro atoms. The highest BCUT2D eigenvalue weighted by molar-refractivity contribution is 6.35. The van der Waals surface area contributed by atoms with Crippen LogP contribution in [0.1, 0.15) is 18.0 Å². The highest BCUT2D eigenvalue weighted by atomic mass is 35.5. The first-order valence-corrected chi connectivity index (χ1v) is 8.38. The van der Waals surface area contributed by atoms with Crippen LogP contribution in [0.25, 0.3) is 0 Å². The van der Waals surface area contributed by atoms with Crippen LogP contribution in [0.3, 0.4) is 0 Å². The number of urea groups is 1. The predicted octanol–water partition coefficient (Wildman–Crippen LogP) is 3.78. The average molecular weight is 395 g/mol. The van der Waals surface area contributed by atoms with Gasteiger partial charge in [0.05, 0.1) is 6.04 Å². The number of nitrogens with two attached hydrogens (primary N) is 1. The monoisotopic (exact) mass is 394 g/mol. The van der Waals surface area contributed by atoms with E-state index in [0.717, 1.165) is 0 Å². The number of nitrogens with zero attached hydrogens (tertiary/aromatic N) is 2. The molecule has 0 radical (unpaired) electrons. The van der Waals surface area contributed by atoms with Crippen LogP contribution in [-0.4, -0.2) is 23.1 Å². The molecule has 0 saturated heterocycles. The predicted molar refractivity (Wildman–Crippen MR) is 99.6 cm³/mol. The number of amides is 2. The Balaban J connectivity index is 2.21. The van der Waals surface area contributed by atoms with Gasteiger partial charge in [-0.3, -0.25) is 9.69 Å². The third-order valence-electron chi connectivity index (χ3n) is 4.24. The minimum atomic E-state index is -1.41. The van der Waals surface area contributed by atoms with Gasteiger partial charge in [0, 0.05) is 33.4 Å². The number of halogens is 2. The fraction of sp³-hybridized carbons (Fsp3) is 0.176. The number of hydrogen-bond acceptors (Lipinski definition) is 4. The second-order valence-corrected chi connectivity index (χ2v) is 6.64. The maximum Gasteiger partial charge on any atom is 0.325 e. The van der Waals surface area contributed by atoms with Crippen molar-refractivity contribution in [3.05, 3.63) is 63.3 Å². The summed E-state index contributed by atoms with van der Waals surface area (Å²) in [6.07, 6.45) is -0.176. The zero-order valence-electron chi connectivity index (χ0n) is 13.3. The summed E-state index contributed by atoms with van der Waals surface area (Å²) in [6, 6.07) is 8.26. The molecule has 136 valence electrons. The van der Waals surface area contributed by atoms with Crippen LogP contribution < -0.4 is 15.7 Å². The first-order chi connectivity index (χ1) is 12.3. The Morgan fingerprint density at radius 2 is 1.88 bits per heavy atom. The van der Waals surface area contributed by atoms with Gasteiger partial charge in [-0.25, -0.2) is 4.79 Å². The van der Waals surface area contributed by atoms with E-state index in [4.69, 9.17) is 28.9 Å². The Hall–Kier alpha value is -2.48. The minimum Gasteiger partial charge on any atom is -0.758 e. The Labute approximate surface area is 159 Å². The Morgan fingerprint density at radius 3 is 2.46 bits per heavy atom. The van der Waals surface area contributed by atoms with E-state index in [0.29, 0.717) is 16.3 Å². The molecule has 0 aliphatic carbocycles. The number of fused-ring (bicyclic) bond motifs is 1. The van der Waals surface area contributed by atoms with E-state index in [1.165, 1.54) is 17.0 Å². The smallest absolute Gasteiger partial charge is 0.325 e. The van der Waals surface area contributed by atoms with Crippen LogP contribution in [0.4, 0.5) is 16.2 Å². The second kappa shape index (κ2) is 7.03. The van der Waals surface area contributed by atoms with E-state index in [-0.39, 0.29) is 22.2 Å². The Kier molecular flexibility index (Phi) is 4.95. The molecule has 3 rings (SSSR count). The van der Waals surface area contributed by atoms with Gasteiger partial charge in [-0.1, -0.05) is 41.4 Å². The number of carbonyl (C=O) groups excluding carboxylic acids is 1. The molecule has 2 amide bonds. The third-order valence-corrected chi connectivity index (χ3v) is 4.77. The normalized spacial score (nSPS) is 19.0. The van der Waals surface area contributed by atoms with Gasteiger partial charge in [0.2, 0.25) is 0 Å². The largest absolute Gasteiger partial charge is 0.758 e. The lowest BCUT2D eigenvalue weighted by Crippen LogP contribution is -2.49. The molecular weight excluding hydrogens is 381 g/mol. The molecule has 0 fully saturated rings. The van der Waals surface area contributed by atoms with Crippen LogP contribution in [0.5, 0.6) is 0 Å². The summed E-state index contributed by atoms with van der Waals surface area (Å²) < 4.78 is 0. The lowest BCUT2D eigenvalue weighted by atomic mass is 9.90. The summed E-state index contributed by atoms with van der Waals surface area (Å²) in [5.41, 5.74) is 6.35. The second-order valence-electron chi connectivity index (χ2n) is 5.80. The number of carboxylic acid groups (broad SMARTS) is 1. The molecule has 9 heteroatoms. The number of para-hydroxylation sites is 1. The molecule has 26 heavy (non-hydrogen) atoms. The van der Waals surface area contributed by atoms with E-state index in [2.05, 4.69) is 0 Å². The van der Waals surface area contributed by atoms with Gasteiger partial charge in [0.15, 0.2) is 0 Å². The number of hydrogen-bond donors (Lipinski definition) is 2. The standard InChI is InChI=1S/C17H14Cl2N3O4/c18-9-6-11(19)15-12(8-14(16(23)24)22(26)13(15)7-9)21(17(20)25)10-4-2-1-3-5-10/h1-7,12,14H,8H2,(H2,20,25)(H,23,24)/q-1. The Morgan fingerprint density at radius 1 is 1.23 bits per heavy atom. The number of carboxylic acids is 1. The van der Waals surface area contributed by atoms with Crippen LogP contribution in [0.15, 0.2) is 42.5 Å². The fourth-order valence-corrected chi connectivity index (χ4v) is 3.77. The van der Waals surface area contributed by atoms with Gasteiger partial charge in [0.1, 0.15) is 6.04 Å². The lowest BCUT2D eigenvalue weighted by molar-refractivity contribution is -0.138. The maximum atomic E-state index is 12.5. The van der Waals surface area contributed by atoms with Crippen molar-refractivity contribution in [1.82, 2.24) is 0 Å². The molecule has 1 aliphatic rings. The molecule has 1 aliphatic heterocycles. The van der Waals surface area contributed by atoms with Crippen molar-refractivity contribution in [2.75, 3.05) is 9.96 Å². The topological polar surface area (TPSA) is 110 Å². The van der Waals surface area contributed by atoms with Crippen molar-refractivity contribution >= 4 is 46.6 Å². The molecule has 0 aromatic heterocycles. The summed E-state index contributed by atoms with van der Waals surface area (Å²) in [7, 11) is 0. The van der Waals surface area contributed by atoms with E-state index in [1.807, 2.05) is 0 Å². The van der Waals surface area contributed by atoms with Crippen LogP contribution in [-0.2, 0) is 4.79 Å². The van der Waals surface area contributed by atoms with E-state index in [1.54, 1.807) is 30.3 Å². The summed E-state index contributed by atoms with van der Waals surface area (Å²) in [5.74, 6) is -1.32. The van der Waals surface area contributed by atoms with E-state index < -0.39 is 24.1 Å². The summed E-state index contributed by atoms with van der Waals surface area (Å²) in [6.45, 7) is 0. The highest BCUT2D eigenvalue weighted by Crippen LogP contribution is 2.46. The molecule has 2 atom stereocenters. The molecule has 2 aromatic carbocycles. The maximum absolute atomic E-state index is 12.5. The van der Waals surface area contributed by atoms with Crippen molar-refractivity contribution in [1.29, 1.82) is 0 Å². The van der Waals surface area contributed by atoms with Gasteiger partial charge in [-0.05, 0) is 24.3 Å². The van der Waals surface area contributed by atoms with Crippen LogP contribution in [0.2, 0.25) is 10.0 Å². The van der Waals surface area contributed by atoms with Crippen molar-refractivity contribution in [2.45, 2.75) is 18.5 Å². The molecule has 0 saturated carbocycles. The number of anilines is 2. The first kappa shape index (κ1) is 18.3. The van der Waals surface area contributed by atoms with Crippen molar-refractivity contribution in [2.24, 2.45) is 5.73 Å². The molecule has 2 unspecified atom stereocenters. The quantitative estimate of drug-likeness (QED) is 0.822. The van der Waals surface area contributed by atoms with E-state index in [9.17, 15) is 19.9 Å². The zero-order chi connectivity index (χ0) is 19.0. The fourth-order valence-electron chi connectivity index (χ4n) is 3.16. The van der Waals surface area contributed by atoms with Gasteiger partial charge in [0.25, 0.3) is 0 Å². The molecular formula is C17H14Cl2N3O4-. The molecule has 7 nitrogen and oxygen atoms in total. The Bertz CT molecular complexity index is 863. The lowest BCUT2D eigenvalue weighted by Gasteiger charge is -2.47. The summed E-state index contributed by atoms with van der Waals surface area (Å²) >= 11 is 12.3. The molecule has 2 aromatic rings. The molecule has 0 bridgehead atoms. The summed E-state index contributed by atoms with van der Waals surface area (Å²) in [4.78, 5) is 25.0. The number of hydroxylamine groups is 1. The minimum absolute atomic E-state index is 0.00771. The van der Waals surface area contributed by atoms with Gasteiger partial charge >= 0.3 is 12.0 Å². The van der Waals surface area contributed by atoms with Gasteiger partial charge in [-0.2, -0.15) is 0 Å². The van der Waals surface area contributed by atoms with Gasteiger partial charge in [-0.15, -0.1) is 0 Å². The molecule has 3 N–H and O–H groups in total.